The average molecular weight is 347 g/mol. The molecule has 0 spiro atoms. The third kappa shape index (κ3) is 3.27. The number of nitrogens with zero attached hydrogens (tertiary/aromatic N) is 3. The number of hydrogen-bond donors (Lipinski definition) is 2. The van der Waals surface area contributed by atoms with Crippen molar-refractivity contribution < 1.29 is 9.53 Å². The van der Waals surface area contributed by atoms with Crippen LogP contribution in [0.25, 0.3) is 10.9 Å². The summed E-state index contributed by atoms with van der Waals surface area (Å²) in [4.78, 5) is 12.4. The molecule has 2 aromatic carbocycles. The van der Waals surface area contributed by atoms with Crippen molar-refractivity contribution in [3.63, 3.8) is 0 Å². The van der Waals surface area contributed by atoms with Crippen LogP contribution in [0.3, 0.4) is 0 Å². The van der Waals surface area contributed by atoms with E-state index in [1.165, 1.54) is 0 Å². The Morgan fingerprint density at radius 2 is 2.04 bits per heavy atom. The molecule has 0 fully saturated rings. The first-order valence-corrected chi connectivity index (χ1v) is 8.11. The predicted octanol–water partition coefficient (Wildman–Crippen LogP) is 3.07. The van der Waals surface area contributed by atoms with Crippen LogP contribution in [0.1, 0.15) is 15.9 Å². The number of carbonyl (C=O) groups excluding carboxylic acids is 1. The van der Waals surface area contributed by atoms with Crippen molar-refractivity contribution in [3.8, 4) is 5.75 Å². The van der Waals surface area contributed by atoms with E-state index in [1.54, 1.807) is 30.4 Å². The van der Waals surface area contributed by atoms with Gasteiger partial charge in [0.2, 0.25) is 0 Å². The van der Waals surface area contributed by atoms with E-state index in [0.717, 1.165) is 22.2 Å². The number of benzene rings is 2. The van der Waals surface area contributed by atoms with Crippen molar-refractivity contribution in [2.24, 2.45) is 0 Å². The maximum Gasteiger partial charge on any atom is 0.258 e. The standard InChI is InChI=1S/C19H17N5O2/c1-26-17-6-2-13(3-7-17)11-24-12-15(10-21-24)19(25)22-16-5-4-14-9-20-23-18(14)8-16/h2-10,12H,11H2,1H3,(H,20,23)(H,22,25). The maximum absolute atomic E-state index is 12.4. The van der Waals surface area contributed by atoms with Crippen LogP contribution in [0.2, 0.25) is 0 Å². The molecule has 2 N–H and O–H groups in total. The van der Waals surface area contributed by atoms with Gasteiger partial charge in [0, 0.05) is 17.3 Å². The van der Waals surface area contributed by atoms with E-state index < -0.39 is 0 Å². The lowest BCUT2D eigenvalue weighted by Gasteiger charge is -2.04. The van der Waals surface area contributed by atoms with Crippen LogP contribution in [0.5, 0.6) is 5.75 Å². The third-order valence-corrected chi connectivity index (χ3v) is 4.10. The number of rotatable bonds is 5. The number of hydrogen-bond acceptors (Lipinski definition) is 4. The Morgan fingerprint density at radius 1 is 1.19 bits per heavy atom. The number of aromatic nitrogens is 4. The number of fused-ring (bicyclic) bond motifs is 1. The van der Waals surface area contributed by atoms with E-state index in [9.17, 15) is 4.79 Å². The summed E-state index contributed by atoms with van der Waals surface area (Å²) in [6, 6.07) is 13.3. The van der Waals surface area contributed by atoms with Gasteiger partial charge in [0.25, 0.3) is 5.91 Å². The van der Waals surface area contributed by atoms with Crippen molar-refractivity contribution >= 4 is 22.5 Å². The molecule has 2 heterocycles. The number of methoxy groups -OCH3 is 1. The normalized spacial score (nSPS) is 10.8. The topological polar surface area (TPSA) is 84.8 Å². The first-order valence-electron chi connectivity index (χ1n) is 8.11. The number of aromatic amines is 1. The van der Waals surface area contributed by atoms with E-state index in [2.05, 4.69) is 20.6 Å². The number of H-pyrrole nitrogens is 1. The number of amides is 1. The highest BCUT2D eigenvalue weighted by molar-refractivity contribution is 6.04. The quantitative estimate of drug-likeness (QED) is 0.581. The molecular weight excluding hydrogens is 330 g/mol. The van der Waals surface area contributed by atoms with Crippen LogP contribution in [0.15, 0.2) is 61.1 Å². The fourth-order valence-electron chi connectivity index (χ4n) is 2.70. The smallest absolute Gasteiger partial charge is 0.258 e. The minimum Gasteiger partial charge on any atom is -0.497 e. The van der Waals surface area contributed by atoms with Gasteiger partial charge in [-0.2, -0.15) is 10.2 Å². The maximum atomic E-state index is 12.4. The van der Waals surface area contributed by atoms with Gasteiger partial charge in [-0.1, -0.05) is 12.1 Å². The lowest BCUT2D eigenvalue weighted by atomic mass is 10.2. The SMILES string of the molecule is COc1ccc(Cn2cc(C(=O)Nc3ccc4cn[nH]c4c3)cn2)cc1. The number of carbonyl (C=O) groups is 1. The third-order valence-electron chi connectivity index (χ3n) is 4.10. The highest BCUT2D eigenvalue weighted by Crippen LogP contribution is 2.17. The Hall–Kier alpha value is -3.61. The van der Waals surface area contributed by atoms with Crippen LogP contribution >= 0.6 is 0 Å². The predicted molar refractivity (Wildman–Crippen MR) is 98.4 cm³/mol. The second-order valence-electron chi connectivity index (χ2n) is 5.90. The van der Waals surface area contributed by atoms with Crippen LogP contribution in [0.4, 0.5) is 5.69 Å². The van der Waals surface area contributed by atoms with Gasteiger partial charge in [-0.25, -0.2) is 0 Å². The lowest BCUT2D eigenvalue weighted by Crippen LogP contribution is -2.11. The molecule has 0 aliphatic rings. The summed E-state index contributed by atoms with van der Waals surface area (Å²) in [5.41, 5.74) is 3.15. The molecule has 0 aliphatic heterocycles. The molecule has 130 valence electrons. The average Bonchev–Trinajstić information content (AvgIpc) is 3.31. The number of ether oxygens (including phenoxy) is 1. The van der Waals surface area contributed by atoms with Crippen molar-refractivity contribution in [2.45, 2.75) is 6.54 Å². The molecule has 0 saturated carbocycles. The van der Waals surface area contributed by atoms with E-state index in [1.807, 2.05) is 42.5 Å². The van der Waals surface area contributed by atoms with Crippen LogP contribution < -0.4 is 10.1 Å². The molecule has 0 unspecified atom stereocenters. The van der Waals surface area contributed by atoms with Gasteiger partial charge in [-0.05, 0) is 35.9 Å². The number of anilines is 1. The molecule has 7 nitrogen and oxygen atoms in total. The summed E-state index contributed by atoms with van der Waals surface area (Å²) in [6.07, 6.45) is 5.03. The summed E-state index contributed by atoms with van der Waals surface area (Å²) < 4.78 is 6.88. The van der Waals surface area contributed by atoms with E-state index >= 15 is 0 Å². The van der Waals surface area contributed by atoms with Gasteiger partial charge in [-0.15, -0.1) is 0 Å². The van der Waals surface area contributed by atoms with Crippen LogP contribution in [-0.2, 0) is 6.54 Å². The van der Waals surface area contributed by atoms with Gasteiger partial charge < -0.3 is 10.1 Å². The molecule has 0 atom stereocenters. The zero-order chi connectivity index (χ0) is 17.9. The Kier molecular flexibility index (Phi) is 4.10. The van der Waals surface area contributed by atoms with Gasteiger partial charge in [0.1, 0.15) is 5.75 Å². The van der Waals surface area contributed by atoms with Crippen molar-refractivity contribution in [3.05, 3.63) is 72.2 Å². The molecule has 7 heteroatoms. The van der Waals surface area contributed by atoms with Crippen molar-refractivity contribution in [2.75, 3.05) is 12.4 Å². The fraction of sp³-hybridized carbons (Fsp3) is 0.105. The second-order valence-corrected chi connectivity index (χ2v) is 5.90. The van der Waals surface area contributed by atoms with Crippen molar-refractivity contribution in [1.29, 1.82) is 0 Å². The summed E-state index contributed by atoms with van der Waals surface area (Å²) >= 11 is 0. The Labute approximate surface area is 149 Å². The Morgan fingerprint density at radius 3 is 2.85 bits per heavy atom. The molecular formula is C19H17N5O2. The summed E-state index contributed by atoms with van der Waals surface area (Å²) in [5.74, 6) is 0.605. The van der Waals surface area contributed by atoms with Gasteiger partial charge in [0.15, 0.2) is 0 Å². The molecule has 4 rings (SSSR count). The minimum absolute atomic E-state index is 0.204. The first-order chi connectivity index (χ1) is 12.7. The van der Waals surface area contributed by atoms with Crippen molar-refractivity contribution in [1.82, 2.24) is 20.0 Å². The summed E-state index contributed by atoms with van der Waals surface area (Å²) in [6.45, 7) is 0.581. The van der Waals surface area contributed by atoms with E-state index in [0.29, 0.717) is 17.8 Å². The largest absolute Gasteiger partial charge is 0.497 e. The highest BCUT2D eigenvalue weighted by Gasteiger charge is 2.10. The fourth-order valence-corrected chi connectivity index (χ4v) is 2.70. The molecule has 1 amide bonds. The summed E-state index contributed by atoms with van der Waals surface area (Å²) in [5, 5.41) is 15.0. The molecule has 2 aromatic heterocycles. The second kappa shape index (κ2) is 6.72. The van der Waals surface area contributed by atoms with Gasteiger partial charge in [-0.3, -0.25) is 14.6 Å². The van der Waals surface area contributed by atoms with Crippen LogP contribution in [-0.4, -0.2) is 33.0 Å². The monoisotopic (exact) mass is 347 g/mol. The number of nitrogens with one attached hydrogen (secondary N) is 2. The Bertz CT molecular complexity index is 1050. The first kappa shape index (κ1) is 15.9. The molecule has 0 aliphatic carbocycles. The molecule has 26 heavy (non-hydrogen) atoms. The summed E-state index contributed by atoms with van der Waals surface area (Å²) in [7, 11) is 1.64. The molecule has 0 radical (unpaired) electrons. The minimum atomic E-state index is -0.204. The van der Waals surface area contributed by atoms with E-state index in [4.69, 9.17) is 4.74 Å². The molecule has 4 aromatic rings. The van der Waals surface area contributed by atoms with E-state index in [-0.39, 0.29) is 5.91 Å². The Balaban J connectivity index is 1.45. The zero-order valence-electron chi connectivity index (χ0n) is 14.1. The lowest BCUT2D eigenvalue weighted by molar-refractivity contribution is 0.102. The van der Waals surface area contributed by atoms with Crippen LogP contribution in [0, 0.1) is 0 Å². The highest BCUT2D eigenvalue weighted by atomic mass is 16.5. The molecule has 0 saturated heterocycles. The zero-order valence-corrected chi connectivity index (χ0v) is 14.1. The van der Waals surface area contributed by atoms with Gasteiger partial charge >= 0.3 is 0 Å². The molecule has 0 bridgehead atoms. The van der Waals surface area contributed by atoms with Gasteiger partial charge in [0.05, 0.1) is 37.1 Å².